The van der Waals surface area contributed by atoms with Crippen LogP contribution < -0.4 is 15.4 Å². The topological polar surface area (TPSA) is 79.9 Å². The molecule has 1 atom stereocenters. The largest absolute Gasteiger partial charge is 0.480 e. The highest BCUT2D eigenvalue weighted by Crippen LogP contribution is 2.31. The summed E-state index contributed by atoms with van der Waals surface area (Å²) in [5.41, 5.74) is 2.25. The summed E-state index contributed by atoms with van der Waals surface area (Å²) in [6, 6.07) is 12.4. The normalized spacial score (nSPS) is 18.6. The minimum Gasteiger partial charge on any atom is -0.480 e. The average Bonchev–Trinajstić information content (AvgIpc) is 3.13. The van der Waals surface area contributed by atoms with Crippen molar-refractivity contribution in [2.75, 3.05) is 43.5 Å². The van der Waals surface area contributed by atoms with Crippen LogP contribution in [0.2, 0.25) is 5.02 Å². The molecule has 0 spiro atoms. The van der Waals surface area contributed by atoms with Crippen LogP contribution in [-0.2, 0) is 20.7 Å². The van der Waals surface area contributed by atoms with E-state index >= 15 is 0 Å². The zero-order valence-electron chi connectivity index (χ0n) is 15.8. The Morgan fingerprint density at radius 3 is 2.45 bits per heavy atom. The van der Waals surface area contributed by atoms with Gasteiger partial charge in [0, 0.05) is 35.9 Å². The number of nitrogens with zero attached hydrogens (tertiary/aromatic N) is 1. The molecule has 0 aliphatic carbocycles. The van der Waals surface area contributed by atoms with E-state index in [9.17, 15) is 9.59 Å². The van der Waals surface area contributed by atoms with Gasteiger partial charge in [0.25, 0.3) is 5.91 Å². The highest BCUT2D eigenvalue weighted by Gasteiger charge is 2.29. The summed E-state index contributed by atoms with van der Waals surface area (Å²) in [6.45, 7) is 3.18. The molecule has 2 aromatic rings. The second-order valence-corrected chi connectivity index (χ2v) is 7.50. The second kappa shape index (κ2) is 8.82. The highest BCUT2D eigenvalue weighted by atomic mass is 35.5. The van der Waals surface area contributed by atoms with Gasteiger partial charge in [-0.2, -0.15) is 0 Å². The van der Waals surface area contributed by atoms with E-state index in [1.165, 1.54) is 0 Å². The lowest BCUT2D eigenvalue weighted by Gasteiger charge is -2.25. The number of carbonyl (C=O) groups is 2. The minimum atomic E-state index is -0.587. The number of anilines is 2. The first-order valence-electron chi connectivity index (χ1n) is 9.53. The van der Waals surface area contributed by atoms with Gasteiger partial charge in [-0.3, -0.25) is 14.5 Å². The van der Waals surface area contributed by atoms with Crippen LogP contribution in [0.5, 0.6) is 5.75 Å². The molecule has 0 saturated carbocycles. The zero-order chi connectivity index (χ0) is 20.2. The maximum Gasteiger partial charge on any atom is 0.265 e. The van der Waals surface area contributed by atoms with Gasteiger partial charge in [-0.15, -0.1) is 0 Å². The molecule has 7 nitrogen and oxygen atoms in total. The Balaban J connectivity index is 1.28. The molecule has 4 rings (SSSR count). The molecule has 2 aliphatic heterocycles. The average molecular weight is 416 g/mol. The van der Waals surface area contributed by atoms with E-state index in [-0.39, 0.29) is 11.8 Å². The van der Waals surface area contributed by atoms with Gasteiger partial charge in [0.15, 0.2) is 6.10 Å². The fraction of sp³-hybridized carbons (Fsp3) is 0.333. The van der Waals surface area contributed by atoms with Crippen LogP contribution in [0.3, 0.4) is 0 Å². The molecule has 2 aliphatic rings. The third kappa shape index (κ3) is 5.06. The van der Waals surface area contributed by atoms with Crippen molar-refractivity contribution in [2.24, 2.45) is 0 Å². The number of carbonyl (C=O) groups excluding carboxylic acids is 2. The van der Waals surface area contributed by atoms with Crippen molar-refractivity contribution < 1.29 is 19.1 Å². The van der Waals surface area contributed by atoms with Gasteiger partial charge >= 0.3 is 0 Å². The van der Waals surface area contributed by atoms with Crippen LogP contribution >= 0.6 is 11.6 Å². The molecule has 2 aromatic carbocycles. The molecular weight excluding hydrogens is 394 g/mol. The Bertz CT molecular complexity index is 897. The van der Waals surface area contributed by atoms with Crippen molar-refractivity contribution in [1.82, 2.24) is 4.90 Å². The van der Waals surface area contributed by atoms with Gasteiger partial charge in [-0.25, -0.2) is 0 Å². The summed E-state index contributed by atoms with van der Waals surface area (Å²) in [7, 11) is 0. The second-order valence-electron chi connectivity index (χ2n) is 7.07. The molecule has 2 amide bonds. The van der Waals surface area contributed by atoms with Gasteiger partial charge in [-0.05, 0) is 48.0 Å². The summed E-state index contributed by atoms with van der Waals surface area (Å²) in [5, 5.41) is 6.34. The van der Waals surface area contributed by atoms with E-state index in [0.29, 0.717) is 48.3 Å². The van der Waals surface area contributed by atoms with Gasteiger partial charge in [0.1, 0.15) is 5.75 Å². The van der Waals surface area contributed by atoms with E-state index in [1.807, 2.05) is 6.07 Å². The standard InChI is InChI=1S/C21H22ClN3O4/c22-15-1-6-18-14(11-15)12-19(29-18)21(27)24-17-4-2-16(3-5-17)23-20(26)13-25-7-9-28-10-8-25/h1-6,11,19H,7-10,12-13H2,(H,23,26)(H,24,27). The quantitative estimate of drug-likeness (QED) is 0.784. The molecule has 2 N–H and O–H groups in total. The first-order valence-corrected chi connectivity index (χ1v) is 9.90. The van der Waals surface area contributed by atoms with E-state index in [2.05, 4.69) is 15.5 Å². The van der Waals surface area contributed by atoms with E-state index in [0.717, 1.165) is 18.7 Å². The molecular formula is C21H22ClN3O4. The van der Waals surface area contributed by atoms with Gasteiger partial charge in [0.2, 0.25) is 5.91 Å². The maximum absolute atomic E-state index is 12.5. The SMILES string of the molecule is O=C(CN1CCOCC1)Nc1ccc(NC(=O)C2Cc3cc(Cl)ccc3O2)cc1. The van der Waals surface area contributed by atoms with Crippen LogP contribution in [0, 0.1) is 0 Å². The van der Waals surface area contributed by atoms with E-state index in [4.69, 9.17) is 21.1 Å². The number of amides is 2. The van der Waals surface area contributed by atoms with Crippen molar-refractivity contribution in [3.8, 4) is 5.75 Å². The fourth-order valence-corrected chi connectivity index (χ4v) is 3.58. The van der Waals surface area contributed by atoms with Crippen LogP contribution in [-0.4, -0.2) is 55.7 Å². The summed E-state index contributed by atoms with van der Waals surface area (Å²) in [5.74, 6) is 0.397. The Kier molecular flexibility index (Phi) is 5.99. The summed E-state index contributed by atoms with van der Waals surface area (Å²) >= 11 is 5.99. The summed E-state index contributed by atoms with van der Waals surface area (Å²) in [6.07, 6.45) is -0.103. The predicted molar refractivity (Wildman–Crippen MR) is 111 cm³/mol. The lowest BCUT2D eigenvalue weighted by Crippen LogP contribution is -2.41. The molecule has 2 heterocycles. The van der Waals surface area contributed by atoms with Crippen LogP contribution in [0.15, 0.2) is 42.5 Å². The lowest BCUT2D eigenvalue weighted by atomic mass is 10.1. The molecule has 1 saturated heterocycles. The maximum atomic E-state index is 12.5. The first kappa shape index (κ1) is 19.7. The minimum absolute atomic E-state index is 0.0699. The monoisotopic (exact) mass is 415 g/mol. The predicted octanol–water partition coefficient (Wildman–Crippen LogP) is 2.55. The van der Waals surface area contributed by atoms with Crippen molar-refractivity contribution in [3.05, 3.63) is 53.1 Å². The van der Waals surface area contributed by atoms with Crippen LogP contribution in [0.25, 0.3) is 0 Å². The number of halogens is 1. The number of benzene rings is 2. The van der Waals surface area contributed by atoms with Gasteiger partial charge < -0.3 is 20.1 Å². The molecule has 0 aromatic heterocycles. The molecule has 1 unspecified atom stereocenters. The molecule has 152 valence electrons. The molecule has 0 bridgehead atoms. The lowest BCUT2D eigenvalue weighted by molar-refractivity contribution is -0.122. The first-order chi connectivity index (χ1) is 14.1. The van der Waals surface area contributed by atoms with Crippen molar-refractivity contribution in [1.29, 1.82) is 0 Å². The van der Waals surface area contributed by atoms with Crippen molar-refractivity contribution in [2.45, 2.75) is 12.5 Å². The zero-order valence-corrected chi connectivity index (χ0v) is 16.6. The van der Waals surface area contributed by atoms with Crippen molar-refractivity contribution in [3.63, 3.8) is 0 Å². The molecule has 1 fully saturated rings. The number of morpholine rings is 1. The van der Waals surface area contributed by atoms with Crippen LogP contribution in [0.4, 0.5) is 11.4 Å². The highest BCUT2D eigenvalue weighted by molar-refractivity contribution is 6.30. The van der Waals surface area contributed by atoms with Crippen molar-refractivity contribution >= 4 is 34.8 Å². The number of nitrogens with one attached hydrogen (secondary N) is 2. The number of ether oxygens (including phenoxy) is 2. The fourth-order valence-electron chi connectivity index (χ4n) is 3.39. The Hall–Kier alpha value is -2.61. The Labute approximate surface area is 173 Å². The number of fused-ring (bicyclic) bond motifs is 1. The summed E-state index contributed by atoms with van der Waals surface area (Å²) < 4.78 is 11.0. The summed E-state index contributed by atoms with van der Waals surface area (Å²) in [4.78, 5) is 26.7. The number of rotatable bonds is 5. The Morgan fingerprint density at radius 2 is 1.72 bits per heavy atom. The van der Waals surface area contributed by atoms with Gasteiger partial charge in [0.05, 0.1) is 19.8 Å². The molecule has 29 heavy (non-hydrogen) atoms. The smallest absolute Gasteiger partial charge is 0.265 e. The number of hydrogen-bond acceptors (Lipinski definition) is 5. The number of hydrogen-bond donors (Lipinski definition) is 2. The van der Waals surface area contributed by atoms with E-state index in [1.54, 1.807) is 36.4 Å². The van der Waals surface area contributed by atoms with Gasteiger partial charge in [-0.1, -0.05) is 11.6 Å². The Morgan fingerprint density at radius 1 is 1.03 bits per heavy atom. The third-order valence-corrected chi connectivity index (χ3v) is 5.13. The third-order valence-electron chi connectivity index (χ3n) is 4.90. The molecule has 0 radical (unpaired) electrons. The van der Waals surface area contributed by atoms with E-state index < -0.39 is 6.10 Å². The van der Waals surface area contributed by atoms with Crippen LogP contribution in [0.1, 0.15) is 5.56 Å². The molecule has 8 heteroatoms.